The van der Waals surface area contributed by atoms with E-state index in [1.54, 1.807) is 6.08 Å². The Morgan fingerprint density at radius 1 is 1.15 bits per heavy atom. The third kappa shape index (κ3) is 5.35. The molecule has 0 unspecified atom stereocenters. The lowest BCUT2D eigenvalue weighted by Crippen LogP contribution is -2.20. The van der Waals surface area contributed by atoms with Crippen LogP contribution in [0.2, 0.25) is 5.02 Å². The number of aliphatic hydroxyl groups is 1. The molecule has 0 radical (unpaired) electrons. The summed E-state index contributed by atoms with van der Waals surface area (Å²) in [5.41, 5.74) is 0.925. The number of nitrogens with zero attached hydrogens (tertiary/aromatic N) is 3. The van der Waals surface area contributed by atoms with Crippen LogP contribution < -0.4 is 4.74 Å². The molecule has 0 aliphatic heterocycles. The van der Waals surface area contributed by atoms with Gasteiger partial charge in [-0.2, -0.15) is 0 Å². The smallest absolute Gasteiger partial charge is 0.191 e. The molecule has 0 fully saturated rings. The lowest BCUT2D eigenvalue weighted by Gasteiger charge is -2.12. The minimum atomic E-state index is -0.622. The normalized spacial score (nSPS) is 11.9. The Hall–Kier alpha value is -2.28. The van der Waals surface area contributed by atoms with Crippen LogP contribution in [-0.4, -0.2) is 38.3 Å². The molecule has 1 aromatic heterocycles. The number of aromatic nitrogens is 3. The average Bonchev–Trinajstić information content (AvgIpc) is 3.09. The van der Waals surface area contributed by atoms with Gasteiger partial charge >= 0.3 is 0 Å². The van der Waals surface area contributed by atoms with Crippen molar-refractivity contribution in [3.05, 3.63) is 72.3 Å². The zero-order chi connectivity index (χ0) is 19.1. The van der Waals surface area contributed by atoms with Crippen molar-refractivity contribution >= 4 is 23.4 Å². The number of hydrogen-bond donors (Lipinski definition) is 1. The van der Waals surface area contributed by atoms with E-state index in [9.17, 15) is 5.11 Å². The van der Waals surface area contributed by atoms with Gasteiger partial charge in [0.2, 0.25) is 0 Å². The molecule has 0 aliphatic rings. The summed E-state index contributed by atoms with van der Waals surface area (Å²) in [6.07, 6.45) is 1.17. The van der Waals surface area contributed by atoms with Gasteiger partial charge in [0.15, 0.2) is 11.0 Å². The first-order chi connectivity index (χ1) is 13.2. The molecule has 0 bridgehead atoms. The molecule has 27 heavy (non-hydrogen) atoms. The SMILES string of the molecule is C=CCn1c(SC[C@H](O)COc2ccccc2)nnc1-c1ccc(Cl)cc1. The Labute approximate surface area is 167 Å². The van der Waals surface area contributed by atoms with Gasteiger partial charge in [0.1, 0.15) is 12.4 Å². The van der Waals surface area contributed by atoms with Crippen LogP contribution in [0.1, 0.15) is 0 Å². The number of aliphatic hydroxyl groups excluding tert-OH is 1. The second-order valence-electron chi connectivity index (χ2n) is 5.80. The Balaban J connectivity index is 1.64. The molecule has 0 amide bonds. The highest BCUT2D eigenvalue weighted by atomic mass is 35.5. The van der Waals surface area contributed by atoms with E-state index in [-0.39, 0.29) is 6.61 Å². The topological polar surface area (TPSA) is 60.2 Å². The average molecular weight is 402 g/mol. The van der Waals surface area contributed by atoms with Crippen molar-refractivity contribution in [2.24, 2.45) is 0 Å². The Bertz CT molecular complexity index is 869. The third-order valence-corrected chi connectivity index (χ3v) is 5.08. The fourth-order valence-corrected chi connectivity index (χ4v) is 3.41. The molecule has 7 heteroatoms. The zero-order valence-electron chi connectivity index (χ0n) is 14.7. The van der Waals surface area contributed by atoms with E-state index in [0.717, 1.165) is 22.3 Å². The molecule has 0 saturated carbocycles. The second kappa shape index (κ2) is 9.60. The van der Waals surface area contributed by atoms with Crippen LogP contribution in [0.4, 0.5) is 0 Å². The van der Waals surface area contributed by atoms with Crippen molar-refractivity contribution in [3.63, 3.8) is 0 Å². The Morgan fingerprint density at radius 2 is 1.89 bits per heavy atom. The van der Waals surface area contributed by atoms with Crippen molar-refractivity contribution in [2.45, 2.75) is 17.8 Å². The molecule has 0 spiro atoms. The summed E-state index contributed by atoms with van der Waals surface area (Å²) in [4.78, 5) is 0. The van der Waals surface area contributed by atoms with Gasteiger partial charge in [-0.05, 0) is 36.4 Å². The number of halogens is 1. The fourth-order valence-electron chi connectivity index (χ4n) is 2.43. The first kappa shape index (κ1) is 19.5. The van der Waals surface area contributed by atoms with Gasteiger partial charge in [-0.15, -0.1) is 16.8 Å². The van der Waals surface area contributed by atoms with E-state index >= 15 is 0 Å². The molecule has 3 rings (SSSR count). The third-order valence-electron chi connectivity index (χ3n) is 3.72. The highest BCUT2D eigenvalue weighted by Crippen LogP contribution is 2.25. The van der Waals surface area contributed by atoms with E-state index in [1.807, 2.05) is 59.2 Å². The Morgan fingerprint density at radius 3 is 2.59 bits per heavy atom. The fraction of sp³-hybridized carbons (Fsp3) is 0.200. The van der Waals surface area contributed by atoms with Gasteiger partial charge < -0.3 is 9.84 Å². The van der Waals surface area contributed by atoms with Gasteiger partial charge in [0.05, 0.1) is 6.10 Å². The van der Waals surface area contributed by atoms with Crippen LogP contribution in [0.3, 0.4) is 0 Å². The van der Waals surface area contributed by atoms with E-state index in [4.69, 9.17) is 16.3 Å². The highest BCUT2D eigenvalue weighted by Gasteiger charge is 2.15. The number of ether oxygens (including phenoxy) is 1. The number of rotatable bonds is 9. The lowest BCUT2D eigenvalue weighted by atomic mass is 10.2. The number of para-hydroxylation sites is 1. The van der Waals surface area contributed by atoms with Crippen LogP contribution in [0, 0.1) is 0 Å². The maximum Gasteiger partial charge on any atom is 0.191 e. The minimum absolute atomic E-state index is 0.219. The first-order valence-corrected chi connectivity index (χ1v) is 9.82. The summed E-state index contributed by atoms with van der Waals surface area (Å²) < 4.78 is 7.55. The quantitative estimate of drug-likeness (QED) is 0.427. The van der Waals surface area contributed by atoms with Crippen LogP contribution in [0.5, 0.6) is 5.75 Å². The molecule has 140 valence electrons. The molecule has 2 aromatic carbocycles. The summed E-state index contributed by atoms with van der Waals surface area (Å²) in [5, 5.41) is 20.2. The minimum Gasteiger partial charge on any atom is -0.491 e. The van der Waals surface area contributed by atoms with Crippen molar-refractivity contribution in [1.29, 1.82) is 0 Å². The van der Waals surface area contributed by atoms with E-state index < -0.39 is 6.10 Å². The predicted octanol–water partition coefficient (Wildman–Crippen LogP) is 4.32. The van der Waals surface area contributed by atoms with E-state index in [1.165, 1.54) is 11.8 Å². The number of thioether (sulfide) groups is 1. The number of allylic oxidation sites excluding steroid dienone is 1. The van der Waals surface area contributed by atoms with Gasteiger partial charge in [-0.25, -0.2) is 0 Å². The van der Waals surface area contributed by atoms with Crippen molar-refractivity contribution < 1.29 is 9.84 Å². The molecular weight excluding hydrogens is 382 g/mol. The summed E-state index contributed by atoms with van der Waals surface area (Å²) in [5.74, 6) is 1.92. The number of benzene rings is 2. The molecule has 1 atom stereocenters. The maximum atomic E-state index is 10.2. The monoisotopic (exact) mass is 401 g/mol. The van der Waals surface area contributed by atoms with Gasteiger partial charge in [0, 0.05) is 22.9 Å². The standard InChI is InChI=1S/C20H20ClN3O2S/c1-2-12-24-19(15-8-10-16(21)11-9-15)22-23-20(24)27-14-17(25)13-26-18-6-4-3-5-7-18/h2-11,17,25H,1,12-14H2/t17-/m1/s1. The van der Waals surface area contributed by atoms with Crippen LogP contribution in [0.15, 0.2) is 72.4 Å². The lowest BCUT2D eigenvalue weighted by molar-refractivity contribution is 0.126. The predicted molar refractivity (Wildman–Crippen MR) is 109 cm³/mol. The summed E-state index contributed by atoms with van der Waals surface area (Å²) in [6, 6.07) is 16.9. The van der Waals surface area contributed by atoms with Crippen LogP contribution in [0.25, 0.3) is 11.4 Å². The van der Waals surface area contributed by atoms with Gasteiger partial charge in [0.25, 0.3) is 0 Å². The molecule has 0 aliphatic carbocycles. The van der Waals surface area contributed by atoms with Crippen LogP contribution >= 0.6 is 23.4 Å². The van der Waals surface area contributed by atoms with Crippen molar-refractivity contribution in [2.75, 3.05) is 12.4 Å². The second-order valence-corrected chi connectivity index (χ2v) is 7.22. The van der Waals surface area contributed by atoms with E-state index in [2.05, 4.69) is 16.8 Å². The summed E-state index contributed by atoms with van der Waals surface area (Å²) in [6.45, 7) is 4.60. The van der Waals surface area contributed by atoms with Crippen molar-refractivity contribution in [1.82, 2.24) is 14.8 Å². The summed E-state index contributed by atoms with van der Waals surface area (Å²) in [7, 11) is 0. The zero-order valence-corrected chi connectivity index (χ0v) is 16.2. The molecule has 5 nitrogen and oxygen atoms in total. The Kier molecular flexibility index (Phi) is 6.92. The molecule has 3 aromatic rings. The van der Waals surface area contributed by atoms with Crippen molar-refractivity contribution in [3.8, 4) is 17.1 Å². The van der Waals surface area contributed by atoms with E-state index in [0.29, 0.717) is 17.3 Å². The van der Waals surface area contributed by atoms with Gasteiger partial charge in [-0.3, -0.25) is 4.57 Å². The maximum absolute atomic E-state index is 10.2. The number of hydrogen-bond acceptors (Lipinski definition) is 5. The van der Waals surface area contributed by atoms with Crippen LogP contribution in [-0.2, 0) is 6.54 Å². The molecule has 0 saturated heterocycles. The molecule has 1 N–H and O–H groups in total. The molecular formula is C20H20ClN3O2S. The molecule has 1 heterocycles. The highest BCUT2D eigenvalue weighted by molar-refractivity contribution is 7.99. The van der Waals surface area contributed by atoms with Gasteiger partial charge in [-0.1, -0.05) is 47.6 Å². The summed E-state index contributed by atoms with van der Waals surface area (Å²) >= 11 is 7.40. The first-order valence-electron chi connectivity index (χ1n) is 8.46. The largest absolute Gasteiger partial charge is 0.491 e.